The summed E-state index contributed by atoms with van der Waals surface area (Å²) in [6.07, 6.45) is 0.195. The standard InChI is InChI=1S/C22H31N3O7S/c26-20(27)24-12-8-22(9-13-24)16-23-14-19(32-22)33(29,30)18-6-10-25(11-7-18)21(28)31-15-17-4-2-1-3-5-17/h1-5,18-19,23H,6-16H2,(H,26,27). The van der Waals surface area contributed by atoms with Gasteiger partial charge in [-0.25, -0.2) is 18.0 Å². The minimum atomic E-state index is -3.59. The van der Waals surface area contributed by atoms with Gasteiger partial charge in [0.1, 0.15) is 6.61 Å². The molecule has 0 aromatic heterocycles. The first-order chi connectivity index (χ1) is 15.8. The van der Waals surface area contributed by atoms with Gasteiger partial charge in [0.05, 0.1) is 10.9 Å². The van der Waals surface area contributed by atoms with Crippen molar-refractivity contribution in [3.8, 4) is 0 Å². The minimum absolute atomic E-state index is 0.181. The Labute approximate surface area is 193 Å². The average molecular weight is 482 g/mol. The van der Waals surface area contributed by atoms with Crippen LogP contribution in [0.3, 0.4) is 0 Å². The number of sulfone groups is 1. The van der Waals surface area contributed by atoms with Gasteiger partial charge in [-0.1, -0.05) is 30.3 Å². The maximum atomic E-state index is 13.3. The Balaban J connectivity index is 1.29. The van der Waals surface area contributed by atoms with Crippen molar-refractivity contribution < 1.29 is 32.6 Å². The highest BCUT2D eigenvalue weighted by Crippen LogP contribution is 2.33. The summed E-state index contributed by atoms with van der Waals surface area (Å²) in [6, 6.07) is 9.40. The third-order valence-corrected chi connectivity index (χ3v) is 9.22. The first-order valence-corrected chi connectivity index (χ1v) is 12.9. The van der Waals surface area contributed by atoms with Gasteiger partial charge in [0, 0.05) is 39.3 Å². The van der Waals surface area contributed by atoms with Crippen molar-refractivity contribution in [3.63, 3.8) is 0 Å². The molecule has 2 N–H and O–H groups in total. The zero-order chi connectivity index (χ0) is 23.5. The number of piperidine rings is 2. The number of carbonyl (C=O) groups excluding carboxylic acids is 1. The molecule has 1 aromatic carbocycles. The second-order valence-electron chi connectivity index (χ2n) is 8.95. The van der Waals surface area contributed by atoms with E-state index in [1.54, 1.807) is 4.90 Å². The maximum absolute atomic E-state index is 13.3. The third kappa shape index (κ3) is 5.42. The molecule has 11 heteroatoms. The third-order valence-electron chi connectivity index (χ3n) is 6.82. The summed E-state index contributed by atoms with van der Waals surface area (Å²) in [6.45, 7) is 2.19. The summed E-state index contributed by atoms with van der Waals surface area (Å²) in [5.74, 6) is 0. The number of ether oxygens (including phenoxy) is 2. The number of rotatable bonds is 4. The number of nitrogens with zero attached hydrogens (tertiary/aromatic N) is 2. The molecule has 33 heavy (non-hydrogen) atoms. The molecule has 0 saturated carbocycles. The fraction of sp³-hybridized carbons (Fsp3) is 0.636. The Bertz CT molecular complexity index is 940. The van der Waals surface area contributed by atoms with Crippen LogP contribution in [-0.2, 0) is 25.9 Å². The summed E-state index contributed by atoms with van der Waals surface area (Å²) in [5, 5.41) is 11.8. The van der Waals surface area contributed by atoms with E-state index in [1.807, 2.05) is 30.3 Å². The zero-order valence-corrected chi connectivity index (χ0v) is 19.3. The molecule has 4 rings (SSSR count). The normalized spacial score (nSPS) is 23.9. The molecule has 1 spiro atoms. The number of hydrogen-bond acceptors (Lipinski definition) is 7. The van der Waals surface area contributed by atoms with Crippen molar-refractivity contribution in [1.82, 2.24) is 15.1 Å². The second kappa shape index (κ2) is 9.86. The molecule has 10 nitrogen and oxygen atoms in total. The Morgan fingerprint density at radius 2 is 1.76 bits per heavy atom. The van der Waals surface area contributed by atoms with E-state index in [-0.39, 0.29) is 13.2 Å². The number of benzene rings is 1. The lowest BCUT2D eigenvalue weighted by Crippen LogP contribution is -2.61. The highest BCUT2D eigenvalue weighted by molar-refractivity contribution is 7.92. The number of morpholine rings is 1. The molecule has 3 saturated heterocycles. The van der Waals surface area contributed by atoms with Crippen molar-refractivity contribution in [2.45, 2.75) is 48.6 Å². The first-order valence-electron chi connectivity index (χ1n) is 11.3. The van der Waals surface area contributed by atoms with Gasteiger partial charge in [-0.2, -0.15) is 0 Å². The van der Waals surface area contributed by atoms with Gasteiger partial charge in [-0.05, 0) is 31.2 Å². The number of nitrogens with one attached hydrogen (secondary N) is 1. The summed E-state index contributed by atoms with van der Waals surface area (Å²) < 4.78 is 38.2. The second-order valence-corrected chi connectivity index (χ2v) is 11.3. The van der Waals surface area contributed by atoms with E-state index >= 15 is 0 Å². The van der Waals surface area contributed by atoms with E-state index in [0.717, 1.165) is 5.56 Å². The van der Waals surface area contributed by atoms with Crippen LogP contribution < -0.4 is 5.32 Å². The molecule has 0 aliphatic carbocycles. The highest BCUT2D eigenvalue weighted by atomic mass is 32.2. The zero-order valence-electron chi connectivity index (χ0n) is 18.5. The number of likely N-dealkylation sites (tertiary alicyclic amines) is 2. The molecular formula is C22H31N3O7S. The predicted octanol–water partition coefficient (Wildman–Crippen LogP) is 1.66. The van der Waals surface area contributed by atoms with Gasteiger partial charge in [0.2, 0.25) is 0 Å². The van der Waals surface area contributed by atoms with Crippen LogP contribution in [0.25, 0.3) is 0 Å². The number of carboxylic acid groups (broad SMARTS) is 1. The van der Waals surface area contributed by atoms with Crippen LogP contribution in [0.1, 0.15) is 31.2 Å². The van der Waals surface area contributed by atoms with Crippen LogP contribution in [0, 0.1) is 0 Å². The molecule has 1 atom stereocenters. The topological polar surface area (TPSA) is 125 Å². The quantitative estimate of drug-likeness (QED) is 0.665. The Morgan fingerprint density at radius 3 is 2.39 bits per heavy atom. The van der Waals surface area contributed by atoms with Gasteiger partial charge in [0.25, 0.3) is 0 Å². The molecule has 1 unspecified atom stereocenters. The largest absolute Gasteiger partial charge is 0.465 e. The van der Waals surface area contributed by atoms with E-state index in [1.165, 1.54) is 4.90 Å². The van der Waals surface area contributed by atoms with E-state index in [4.69, 9.17) is 14.6 Å². The molecule has 3 aliphatic heterocycles. The number of carbonyl (C=O) groups is 2. The molecule has 2 amide bonds. The SMILES string of the molecule is O=C(O)N1CCC2(CC1)CNCC(S(=O)(=O)C1CCN(C(=O)OCc3ccccc3)CC1)O2. The molecule has 3 heterocycles. The van der Waals surface area contributed by atoms with E-state index < -0.39 is 38.3 Å². The van der Waals surface area contributed by atoms with Crippen LogP contribution in [0.2, 0.25) is 0 Å². The van der Waals surface area contributed by atoms with Gasteiger partial charge in [0.15, 0.2) is 15.3 Å². The number of hydrogen-bond donors (Lipinski definition) is 2. The first kappa shape index (κ1) is 23.8. The maximum Gasteiger partial charge on any atom is 0.410 e. The van der Waals surface area contributed by atoms with Crippen molar-refractivity contribution in [2.24, 2.45) is 0 Å². The van der Waals surface area contributed by atoms with E-state index in [9.17, 15) is 18.0 Å². The minimum Gasteiger partial charge on any atom is -0.465 e. The molecule has 1 aromatic rings. The van der Waals surface area contributed by atoms with Crippen LogP contribution in [0.4, 0.5) is 9.59 Å². The fourth-order valence-electron chi connectivity index (χ4n) is 4.76. The Morgan fingerprint density at radius 1 is 1.09 bits per heavy atom. The number of amides is 2. The molecule has 0 bridgehead atoms. The Kier molecular flexibility index (Phi) is 7.10. The van der Waals surface area contributed by atoms with Gasteiger partial charge >= 0.3 is 12.2 Å². The van der Waals surface area contributed by atoms with Crippen molar-refractivity contribution in [3.05, 3.63) is 35.9 Å². The lowest BCUT2D eigenvalue weighted by molar-refractivity contribution is -0.112. The average Bonchev–Trinajstić information content (AvgIpc) is 2.83. The van der Waals surface area contributed by atoms with E-state index in [0.29, 0.717) is 58.4 Å². The van der Waals surface area contributed by atoms with Crippen LogP contribution in [-0.4, -0.2) is 91.1 Å². The summed E-state index contributed by atoms with van der Waals surface area (Å²) in [7, 11) is -3.59. The summed E-state index contributed by atoms with van der Waals surface area (Å²) in [4.78, 5) is 26.4. The predicted molar refractivity (Wildman–Crippen MR) is 119 cm³/mol. The van der Waals surface area contributed by atoms with Crippen LogP contribution >= 0.6 is 0 Å². The molecule has 3 aliphatic rings. The van der Waals surface area contributed by atoms with Crippen LogP contribution in [0.5, 0.6) is 0 Å². The van der Waals surface area contributed by atoms with Crippen molar-refractivity contribution >= 4 is 22.0 Å². The molecule has 182 valence electrons. The smallest absolute Gasteiger partial charge is 0.410 e. The molecule has 0 radical (unpaired) electrons. The monoisotopic (exact) mass is 481 g/mol. The van der Waals surface area contributed by atoms with Crippen molar-refractivity contribution in [2.75, 3.05) is 39.3 Å². The van der Waals surface area contributed by atoms with Gasteiger partial charge in [-0.3, -0.25) is 0 Å². The molecule has 3 fully saturated rings. The van der Waals surface area contributed by atoms with Crippen LogP contribution in [0.15, 0.2) is 30.3 Å². The van der Waals surface area contributed by atoms with E-state index in [2.05, 4.69) is 5.32 Å². The Hall–Kier alpha value is -2.37. The fourth-order valence-corrected chi connectivity index (χ4v) is 6.74. The van der Waals surface area contributed by atoms with Crippen molar-refractivity contribution in [1.29, 1.82) is 0 Å². The van der Waals surface area contributed by atoms with Gasteiger partial charge < -0.3 is 29.7 Å². The van der Waals surface area contributed by atoms with Gasteiger partial charge in [-0.15, -0.1) is 0 Å². The lowest BCUT2D eigenvalue weighted by atomic mass is 9.90. The highest BCUT2D eigenvalue weighted by Gasteiger charge is 2.47. The molecular weight excluding hydrogens is 450 g/mol. The summed E-state index contributed by atoms with van der Waals surface area (Å²) in [5.41, 5.74) is -0.734. The summed E-state index contributed by atoms with van der Waals surface area (Å²) >= 11 is 0. The lowest BCUT2D eigenvalue weighted by Gasteiger charge is -2.46.